The highest BCUT2D eigenvalue weighted by Crippen LogP contribution is 2.40. The van der Waals surface area contributed by atoms with Crippen molar-refractivity contribution >= 4 is 11.7 Å². The average molecular weight is 379 g/mol. The topological polar surface area (TPSA) is 62.5 Å². The van der Waals surface area contributed by atoms with Crippen molar-refractivity contribution in [1.29, 1.82) is 0 Å². The van der Waals surface area contributed by atoms with Gasteiger partial charge in [0.1, 0.15) is 5.82 Å². The number of aromatic nitrogens is 1. The van der Waals surface area contributed by atoms with Gasteiger partial charge < -0.3 is 15.5 Å². The number of hydrogen-bond acceptors (Lipinski definition) is 4. The number of aryl methyl sites for hydroxylation is 1. The summed E-state index contributed by atoms with van der Waals surface area (Å²) in [7, 11) is 0. The fourth-order valence-electron chi connectivity index (χ4n) is 4.94. The molecule has 1 aromatic carbocycles. The number of primary amides is 1. The van der Waals surface area contributed by atoms with Gasteiger partial charge in [-0.3, -0.25) is 4.79 Å². The zero-order valence-corrected chi connectivity index (χ0v) is 16.5. The number of rotatable bonds is 6. The quantitative estimate of drug-likeness (QED) is 0.839. The van der Waals surface area contributed by atoms with Crippen LogP contribution in [0.25, 0.3) is 0 Å². The number of likely N-dealkylation sites (tertiary alicyclic amines) is 1. The molecular weight excluding hydrogens is 348 g/mol. The van der Waals surface area contributed by atoms with Crippen LogP contribution < -0.4 is 10.6 Å². The lowest BCUT2D eigenvalue weighted by molar-refractivity contribution is 0.0998. The minimum atomic E-state index is -0.393. The molecule has 1 aromatic heterocycles. The Morgan fingerprint density at radius 1 is 1.07 bits per heavy atom. The van der Waals surface area contributed by atoms with Crippen molar-refractivity contribution in [3.05, 3.63) is 59.8 Å². The summed E-state index contributed by atoms with van der Waals surface area (Å²) in [4.78, 5) is 21.2. The van der Waals surface area contributed by atoms with Gasteiger partial charge in [-0.1, -0.05) is 30.3 Å². The first-order valence-corrected chi connectivity index (χ1v) is 10.4. The molecule has 3 heterocycles. The molecule has 2 aliphatic rings. The zero-order chi connectivity index (χ0) is 19.4. The summed E-state index contributed by atoms with van der Waals surface area (Å²) < 4.78 is 0. The van der Waals surface area contributed by atoms with E-state index in [-0.39, 0.29) is 0 Å². The fraction of sp³-hybridized carbons (Fsp3) is 0.478. The van der Waals surface area contributed by atoms with Gasteiger partial charge in [-0.2, -0.15) is 0 Å². The van der Waals surface area contributed by atoms with Crippen molar-refractivity contribution in [3.63, 3.8) is 0 Å². The summed E-state index contributed by atoms with van der Waals surface area (Å²) in [6, 6.07) is 14.3. The molecule has 2 N–H and O–H groups in total. The molecule has 2 aromatic rings. The summed E-state index contributed by atoms with van der Waals surface area (Å²) >= 11 is 0. The maximum Gasteiger partial charge on any atom is 0.252 e. The number of nitrogens with zero attached hydrogens (tertiary/aromatic N) is 3. The van der Waals surface area contributed by atoms with E-state index in [1.54, 1.807) is 18.3 Å². The van der Waals surface area contributed by atoms with E-state index in [1.165, 1.54) is 31.4 Å². The number of nitrogens with two attached hydrogens (primary N) is 1. The first-order chi connectivity index (χ1) is 13.7. The normalized spacial score (nSPS) is 22.6. The Kier molecular flexibility index (Phi) is 5.62. The maximum absolute atomic E-state index is 11.8. The molecule has 2 saturated heterocycles. The molecule has 5 nitrogen and oxygen atoms in total. The standard InChI is InChI=1S/C23H30N4O/c24-21(28)20-10-4-13-25-22(20)27-16-12-23(18-27)11-6-15-26(17-23)14-5-9-19-7-2-1-3-8-19/h1-4,7-8,10,13H,5-6,9,11-12,14-18H2,(H2,24,28)/t23-/m0/s1. The number of pyridine rings is 1. The van der Waals surface area contributed by atoms with E-state index in [2.05, 4.69) is 45.1 Å². The molecule has 148 valence electrons. The second-order valence-corrected chi connectivity index (χ2v) is 8.38. The number of carbonyl (C=O) groups is 1. The third-order valence-corrected chi connectivity index (χ3v) is 6.31. The van der Waals surface area contributed by atoms with Crippen molar-refractivity contribution < 1.29 is 4.79 Å². The predicted molar refractivity (Wildman–Crippen MR) is 112 cm³/mol. The molecule has 28 heavy (non-hydrogen) atoms. The Morgan fingerprint density at radius 2 is 1.93 bits per heavy atom. The Balaban J connectivity index is 1.36. The third-order valence-electron chi connectivity index (χ3n) is 6.31. The molecule has 0 radical (unpaired) electrons. The zero-order valence-electron chi connectivity index (χ0n) is 16.5. The summed E-state index contributed by atoms with van der Waals surface area (Å²) in [5, 5.41) is 0. The van der Waals surface area contributed by atoms with Gasteiger partial charge >= 0.3 is 0 Å². The van der Waals surface area contributed by atoms with Crippen molar-refractivity contribution in [1.82, 2.24) is 9.88 Å². The van der Waals surface area contributed by atoms with Crippen LogP contribution in [0.4, 0.5) is 5.82 Å². The number of piperidine rings is 1. The van der Waals surface area contributed by atoms with Crippen LogP contribution in [-0.2, 0) is 6.42 Å². The Bertz CT molecular complexity index is 809. The molecule has 0 unspecified atom stereocenters. The molecule has 2 aliphatic heterocycles. The molecule has 1 atom stereocenters. The number of anilines is 1. The minimum Gasteiger partial charge on any atom is -0.365 e. The maximum atomic E-state index is 11.8. The monoisotopic (exact) mass is 378 g/mol. The smallest absolute Gasteiger partial charge is 0.252 e. The summed E-state index contributed by atoms with van der Waals surface area (Å²) in [5.41, 5.74) is 7.84. The Labute approximate surface area is 167 Å². The fourth-order valence-corrected chi connectivity index (χ4v) is 4.94. The average Bonchev–Trinajstić information content (AvgIpc) is 3.12. The lowest BCUT2D eigenvalue weighted by Crippen LogP contribution is -2.45. The highest BCUT2D eigenvalue weighted by atomic mass is 16.1. The number of benzene rings is 1. The highest BCUT2D eigenvalue weighted by Gasteiger charge is 2.42. The lowest BCUT2D eigenvalue weighted by Gasteiger charge is -2.40. The second kappa shape index (κ2) is 8.31. The van der Waals surface area contributed by atoms with E-state index in [0.717, 1.165) is 44.8 Å². The van der Waals surface area contributed by atoms with Crippen molar-refractivity contribution in [3.8, 4) is 0 Å². The summed E-state index contributed by atoms with van der Waals surface area (Å²) in [6.45, 7) is 5.44. The predicted octanol–water partition coefficient (Wildman–Crippen LogP) is 3.11. The number of carbonyl (C=O) groups excluding carboxylic acids is 1. The SMILES string of the molecule is NC(=O)c1cccnc1N1CC[C@]2(CCCN(CCCc3ccccc3)C2)C1. The minimum absolute atomic E-state index is 0.317. The lowest BCUT2D eigenvalue weighted by atomic mass is 9.79. The van der Waals surface area contributed by atoms with E-state index in [0.29, 0.717) is 11.0 Å². The van der Waals surface area contributed by atoms with Gasteiger partial charge in [0, 0.05) is 31.2 Å². The molecule has 0 aliphatic carbocycles. The van der Waals surface area contributed by atoms with Crippen molar-refractivity contribution in [2.75, 3.05) is 37.6 Å². The summed E-state index contributed by atoms with van der Waals surface area (Å²) in [5.74, 6) is 0.364. The largest absolute Gasteiger partial charge is 0.365 e. The van der Waals surface area contributed by atoms with Crippen LogP contribution in [0.1, 0.15) is 41.6 Å². The molecule has 4 rings (SSSR count). The van der Waals surface area contributed by atoms with E-state index in [1.807, 2.05) is 0 Å². The van der Waals surface area contributed by atoms with Gasteiger partial charge in [0.15, 0.2) is 0 Å². The Morgan fingerprint density at radius 3 is 2.75 bits per heavy atom. The molecule has 1 spiro atoms. The van der Waals surface area contributed by atoms with Gasteiger partial charge in [-0.25, -0.2) is 4.98 Å². The number of hydrogen-bond donors (Lipinski definition) is 1. The van der Waals surface area contributed by atoms with E-state index in [4.69, 9.17) is 5.73 Å². The van der Waals surface area contributed by atoms with Crippen LogP contribution in [0.2, 0.25) is 0 Å². The molecule has 5 heteroatoms. The van der Waals surface area contributed by atoms with Crippen LogP contribution in [0.15, 0.2) is 48.7 Å². The first-order valence-electron chi connectivity index (χ1n) is 10.4. The van der Waals surface area contributed by atoms with Crippen molar-refractivity contribution in [2.45, 2.75) is 32.1 Å². The molecule has 0 saturated carbocycles. The molecule has 1 amide bonds. The summed E-state index contributed by atoms with van der Waals surface area (Å²) in [6.07, 6.45) is 7.78. The third kappa shape index (κ3) is 4.20. The second-order valence-electron chi connectivity index (χ2n) is 8.38. The van der Waals surface area contributed by atoms with E-state index < -0.39 is 5.91 Å². The van der Waals surface area contributed by atoms with Crippen LogP contribution >= 0.6 is 0 Å². The van der Waals surface area contributed by atoms with Gasteiger partial charge in [0.2, 0.25) is 0 Å². The van der Waals surface area contributed by atoms with Gasteiger partial charge in [-0.05, 0) is 62.9 Å². The van der Waals surface area contributed by atoms with Crippen LogP contribution in [0, 0.1) is 5.41 Å². The highest BCUT2D eigenvalue weighted by molar-refractivity contribution is 5.97. The van der Waals surface area contributed by atoms with Crippen LogP contribution in [-0.4, -0.2) is 48.5 Å². The van der Waals surface area contributed by atoms with Crippen LogP contribution in [0.3, 0.4) is 0 Å². The first kappa shape index (κ1) is 18.9. The molecule has 0 bridgehead atoms. The van der Waals surface area contributed by atoms with Gasteiger partial charge in [0.05, 0.1) is 5.56 Å². The van der Waals surface area contributed by atoms with Gasteiger partial charge in [0.25, 0.3) is 5.91 Å². The Hall–Kier alpha value is -2.40. The van der Waals surface area contributed by atoms with E-state index >= 15 is 0 Å². The number of amides is 1. The molecule has 2 fully saturated rings. The van der Waals surface area contributed by atoms with Crippen molar-refractivity contribution in [2.24, 2.45) is 11.1 Å². The van der Waals surface area contributed by atoms with Crippen LogP contribution in [0.5, 0.6) is 0 Å². The van der Waals surface area contributed by atoms with Gasteiger partial charge in [-0.15, -0.1) is 0 Å². The van der Waals surface area contributed by atoms with E-state index in [9.17, 15) is 4.79 Å². The molecular formula is C23H30N4O.